The number of ether oxygens (including phenoxy) is 1. The van der Waals surface area contributed by atoms with Crippen LogP contribution in [-0.2, 0) is 11.3 Å². The van der Waals surface area contributed by atoms with Crippen LogP contribution in [0.15, 0.2) is 54.7 Å². The normalized spacial score (nSPS) is 15.7. The van der Waals surface area contributed by atoms with Crippen LogP contribution in [-0.4, -0.2) is 42.4 Å². The Morgan fingerprint density at radius 1 is 1.07 bits per heavy atom. The van der Waals surface area contributed by atoms with E-state index < -0.39 is 0 Å². The molecule has 1 fully saturated rings. The maximum atomic E-state index is 5.51. The lowest BCUT2D eigenvalue weighted by Crippen LogP contribution is -3.14. The molecule has 4 aromatic rings. The first-order valence-electron chi connectivity index (χ1n) is 9.79. The molecule has 0 unspecified atom stereocenters. The lowest BCUT2D eigenvalue weighted by atomic mass is 10.1. The number of aryl methyl sites for hydroxylation is 1. The second-order valence-electron chi connectivity index (χ2n) is 7.48. The van der Waals surface area contributed by atoms with Gasteiger partial charge in [-0.15, -0.1) is 0 Å². The summed E-state index contributed by atoms with van der Waals surface area (Å²) in [5, 5.41) is 0. The molecular weight excluding hydrogens is 336 g/mol. The zero-order chi connectivity index (χ0) is 18.2. The number of para-hydroxylation sites is 2. The number of imidazole rings is 2. The average Bonchev–Trinajstić information content (AvgIpc) is 3.24. The molecule has 5 nitrogen and oxygen atoms in total. The van der Waals surface area contributed by atoms with Crippen molar-refractivity contribution in [2.24, 2.45) is 0 Å². The number of fused-ring (bicyclic) bond motifs is 3. The second kappa shape index (κ2) is 6.83. The molecule has 2 aromatic carbocycles. The molecule has 2 N–H and O–H groups in total. The fourth-order valence-corrected chi connectivity index (χ4v) is 4.08. The third-order valence-corrected chi connectivity index (χ3v) is 5.67. The average molecular weight is 362 g/mol. The summed E-state index contributed by atoms with van der Waals surface area (Å²) in [4.78, 5) is 5.25. The predicted molar refractivity (Wildman–Crippen MR) is 106 cm³/mol. The van der Waals surface area contributed by atoms with E-state index in [9.17, 15) is 0 Å². The highest BCUT2D eigenvalue weighted by Gasteiger charge is 2.24. The number of rotatable bonds is 4. The van der Waals surface area contributed by atoms with Crippen LogP contribution < -0.4 is 9.30 Å². The fourth-order valence-electron chi connectivity index (χ4n) is 4.08. The zero-order valence-corrected chi connectivity index (χ0v) is 15.7. The number of aromatic nitrogens is 3. The molecule has 0 spiro atoms. The van der Waals surface area contributed by atoms with Gasteiger partial charge in [-0.2, -0.15) is 4.40 Å². The topological polar surface area (TPSA) is 38.5 Å². The minimum atomic E-state index is 0.877. The minimum Gasteiger partial charge on any atom is -0.370 e. The van der Waals surface area contributed by atoms with Crippen molar-refractivity contribution < 1.29 is 14.0 Å². The Morgan fingerprint density at radius 2 is 1.85 bits per heavy atom. The molecule has 138 valence electrons. The summed E-state index contributed by atoms with van der Waals surface area (Å²) in [5.74, 6) is 1.15. The first-order chi connectivity index (χ1) is 13.3. The Bertz CT molecular complexity index is 1070. The van der Waals surface area contributed by atoms with Gasteiger partial charge in [0.1, 0.15) is 49.1 Å². The third-order valence-electron chi connectivity index (χ3n) is 5.67. The molecule has 3 heterocycles. The number of nitrogens with zero attached hydrogens (tertiary/aromatic N) is 2. The predicted octanol–water partition coefficient (Wildman–Crippen LogP) is 1.60. The van der Waals surface area contributed by atoms with E-state index in [1.165, 1.54) is 27.9 Å². The van der Waals surface area contributed by atoms with Crippen molar-refractivity contribution >= 4 is 16.8 Å². The number of hydrogen-bond acceptors (Lipinski definition) is 1. The van der Waals surface area contributed by atoms with E-state index in [1.54, 1.807) is 4.90 Å². The van der Waals surface area contributed by atoms with E-state index in [1.807, 2.05) is 0 Å². The van der Waals surface area contributed by atoms with Gasteiger partial charge >= 0.3 is 5.78 Å². The first kappa shape index (κ1) is 16.5. The largest absolute Gasteiger partial charge is 0.370 e. The molecule has 5 rings (SSSR count). The van der Waals surface area contributed by atoms with Gasteiger partial charge in [0.2, 0.25) is 0 Å². The number of quaternary nitrogens is 1. The quantitative estimate of drug-likeness (QED) is 0.532. The third kappa shape index (κ3) is 3.03. The lowest BCUT2D eigenvalue weighted by Gasteiger charge is -2.23. The van der Waals surface area contributed by atoms with Crippen LogP contribution in [0.5, 0.6) is 0 Å². The minimum absolute atomic E-state index is 0.877. The summed E-state index contributed by atoms with van der Waals surface area (Å²) in [6.07, 6.45) is 2.27. The monoisotopic (exact) mass is 362 g/mol. The van der Waals surface area contributed by atoms with Crippen LogP contribution in [0.4, 0.5) is 0 Å². The second-order valence-corrected chi connectivity index (χ2v) is 7.48. The van der Waals surface area contributed by atoms with E-state index >= 15 is 0 Å². The van der Waals surface area contributed by atoms with Crippen LogP contribution in [0.1, 0.15) is 5.56 Å². The van der Waals surface area contributed by atoms with Crippen molar-refractivity contribution in [2.45, 2.75) is 13.5 Å². The van der Waals surface area contributed by atoms with Crippen LogP contribution in [0.2, 0.25) is 0 Å². The smallest absolute Gasteiger partial charge is 0.368 e. The van der Waals surface area contributed by atoms with Crippen molar-refractivity contribution in [3.05, 3.63) is 60.3 Å². The fraction of sp³-hybridized carbons (Fsp3) is 0.318. The van der Waals surface area contributed by atoms with E-state index in [2.05, 4.69) is 75.6 Å². The van der Waals surface area contributed by atoms with Crippen molar-refractivity contribution in [1.29, 1.82) is 0 Å². The van der Waals surface area contributed by atoms with Crippen molar-refractivity contribution in [3.8, 4) is 11.3 Å². The van der Waals surface area contributed by atoms with Gasteiger partial charge in [-0.3, -0.25) is 0 Å². The summed E-state index contributed by atoms with van der Waals surface area (Å²) in [7, 11) is 0. The molecule has 1 aliphatic rings. The van der Waals surface area contributed by atoms with Crippen molar-refractivity contribution in [3.63, 3.8) is 0 Å². The Kier molecular flexibility index (Phi) is 4.19. The number of morpholine rings is 1. The molecule has 1 saturated heterocycles. The number of nitrogens with one attached hydrogen (secondary N) is 2. The summed E-state index contributed by atoms with van der Waals surface area (Å²) >= 11 is 0. The summed E-state index contributed by atoms with van der Waals surface area (Å²) in [5.41, 5.74) is 6.21. The Balaban J connectivity index is 1.59. The highest BCUT2D eigenvalue weighted by molar-refractivity contribution is 5.74. The maximum absolute atomic E-state index is 5.51. The molecule has 0 radical (unpaired) electrons. The van der Waals surface area contributed by atoms with Gasteiger partial charge in [0.05, 0.1) is 13.2 Å². The van der Waals surface area contributed by atoms with Gasteiger partial charge < -0.3 is 9.64 Å². The Morgan fingerprint density at radius 3 is 2.67 bits per heavy atom. The van der Waals surface area contributed by atoms with Crippen molar-refractivity contribution in [2.75, 3.05) is 32.8 Å². The lowest BCUT2D eigenvalue weighted by molar-refractivity contribution is -0.908. The maximum Gasteiger partial charge on any atom is 0.368 e. The molecule has 27 heavy (non-hydrogen) atoms. The Labute approximate surface area is 158 Å². The first-order valence-corrected chi connectivity index (χ1v) is 9.79. The van der Waals surface area contributed by atoms with Gasteiger partial charge in [-0.25, -0.2) is 9.55 Å². The number of H-pyrrole nitrogens is 1. The molecular formula is C22H26N4O+2. The van der Waals surface area contributed by atoms with Gasteiger partial charge in [-0.1, -0.05) is 42.0 Å². The molecule has 0 aliphatic carbocycles. The number of benzene rings is 2. The zero-order valence-electron chi connectivity index (χ0n) is 15.7. The number of aromatic amines is 1. The molecule has 1 aliphatic heterocycles. The van der Waals surface area contributed by atoms with Gasteiger partial charge in [0.25, 0.3) is 0 Å². The SMILES string of the molecule is Cc1ccc(-c2c[n+]3c4ccccc4[nH]c3n2CC[NH+]2CCOCC2)cc1. The van der Waals surface area contributed by atoms with E-state index in [0.29, 0.717) is 0 Å². The summed E-state index contributed by atoms with van der Waals surface area (Å²) < 4.78 is 10.2. The van der Waals surface area contributed by atoms with Gasteiger partial charge in [0, 0.05) is 5.56 Å². The summed E-state index contributed by atoms with van der Waals surface area (Å²) in [6, 6.07) is 17.3. The highest BCUT2D eigenvalue weighted by Crippen LogP contribution is 2.22. The standard InChI is InChI=1S/C22H24N4O/c1-17-6-8-18(9-7-17)21-16-26-20-5-3-2-4-19(20)23-22(26)25(21)11-10-24-12-14-27-15-13-24/h2-9,16H,10-15H2,1H3/p+2. The van der Waals surface area contributed by atoms with Crippen molar-refractivity contribution in [1.82, 2.24) is 9.55 Å². The van der Waals surface area contributed by atoms with Gasteiger partial charge in [-0.05, 0) is 19.1 Å². The summed E-state index contributed by atoms with van der Waals surface area (Å²) in [6.45, 7) is 8.19. The molecule has 0 saturated carbocycles. The molecule has 0 atom stereocenters. The molecule has 5 heteroatoms. The van der Waals surface area contributed by atoms with Crippen LogP contribution in [0.3, 0.4) is 0 Å². The highest BCUT2D eigenvalue weighted by atomic mass is 16.5. The molecule has 2 aromatic heterocycles. The van der Waals surface area contributed by atoms with Crippen LogP contribution in [0, 0.1) is 6.92 Å². The molecule has 0 amide bonds. The Hall–Kier alpha value is -2.63. The van der Waals surface area contributed by atoms with E-state index in [0.717, 1.165) is 45.2 Å². The van der Waals surface area contributed by atoms with Crippen LogP contribution >= 0.6 is 0 Å². The molecule has 0 bridgehead atoms. The van der Waals surface area contributed by atoms with Crippen LogP contribution in [0.25, 0.3) is 28.1 Å². The van der Waals surface area contributed by atoms with Gasteiger partial charge in [0.15, 0.2) is 0 Å². The number of hydrogen-bond donors (Lipinski definition) is 2. The van der Waals surface area contributed by atoms with E-state index in [-0.39, 0.29) is 0 Å². The van der Waals surface area contributed by atoms with E-state index in [4.69, 9.17) is 4.74 Å².